The van der Waals surface area contributed by atoms with Crippen molar-refractivity contribution in [2.45, 2.75) is 13.5 Å². The van der Waals surface area contributed by atoms with Crippen LogP contribution in [-0.4, -0.2) is 28.0 Å². The summed E-state index contributed by atoms with van der Waals surface area (Å²) in [5, 5.41) is 14.0. The van der Waals surface area contributed by atoms with E-state index < -0.39 is 5.97 Å². The molecule has 0 saturated heterocycles. The van der Waals surface area contributed by atoms with Gasteiger partial charge in [-0.2, -0.15) is 5.10 Å². The van der Waals surface area contributed by atoms with Gasteiger partial charge >= 0.3 is 5.97 Å². The van der Waals surface area contributed by atoms with E-state index in [2.05, 4.69) is 5.10 Å². The highest BCUT2D eigenvalue weighted by molar-refractivity contribution is 5.94. The predicted octanol–water partition coefficient (Wildman–Crippen LogP) is 1.76. The molecule has 1 N–H and O–H groups in total. The number of carboxylic acid groups (broad SMARTS) is 1. The van der Waals surface area contributed by atoms with Crippen LogP contribution in [-0.2, 0) is 6.54 Å². The first-order valence-electron chi connectivity index (χ1n) is 4.95. The van der Waals surface area contributed by atoms with Gasteiger partial charge in [-0.25, -0.2) is 9.48 Å². The summed E-state index contributed by atoms with van der Waals surface area (Å²) in [5.74, 6) is -0.290. The molecule has 2 rings (SSSR count). The van der Waals surface area contributed by atoms with Gasteiger partial charge in [0.25, 0.3) is 0 Å². The van der Waals surface area contributed by atoms with Gasteiger partial charge in [-0.05, 0) is 25.1 Å². The van der Waals surface area contributed by atoms with Gasteiger partial charge in [0.15, 0.2) is 0 Å². The van der Waals surface area contributed by atoms with E-state index in [0.717, 1.165) is 5.39 Å². The molecule has 5 nitrogen and oxygen atoms in total. The summed E-state index contributed by atoms with van der Waals surface area (Å²) in [4.78, 5) is 10.8. The quantitative estimate of drug-likeness (QED) is 0.856. The lowest BCUT2D eigenvalue weighted by Crippen LogP contribution is -1.99. The minimum Gasteiger partial charge on any atom is -0.481 e. The molecule has 1 aromatic heterocycles. The zero-order chi connectivity index (χ0) is 11.7. The molecule has 1 aromatic carbocycles. The summed E-state index contributed by atoms with van der Waals surface area (Å²) >= 11 is 0. The Morgan fingerprint density at radius 3 is 2.88 bits per heavy atom. The summed E-state index contributed by atoms with van der Waals surface area (Å²) in [6.07, 6.45) is 0. The highest BCUT2D eigenvalue weighted by Gasteiger charge is 2.12. The number of hydrogen-bond acceptors (Lipinski definition) is 3. The number of aryl methyl sites for hydroxylation is 1. The van der Waals surface area contributed by atoms with E-state index in [1.165, 1.54) is 0 Å². The van der Waals surface area contributed by atoms with Crippen LogP contribution in [0.4, 0.5) is 0 Å². The molecule has 0 aliphatic heterocycles. The van der Waals surface area contributed by atoms with Crippen LogP contribution in [0.5, 0.6) is 5.88 Å². The van der Waals surface area contributed by atoms with Crippen molar-refractivity contribution in [3.63, 3.8) is 0 Å². The molecule has 16 heavy (non-hydrogen) atoms. The first-order chi connectivity index (χ1) is 7.67. The van der Waals surface area contributed by atoms with Gasteiger partial charge in [-0.15, -0.1) is 0 Å². The summed E-state index contributed by atoms with van der Waals surface area (Å²) in [6.45, 7) is 2.63. The molecule has 0 saturated carbocycles. The molecule has 0 aliphatic carbocycles. The first kappa shape index (κ1) is 10.5. The number of aromatic nitrogens is 2. The minimum absolute atomic E-state index is 0.232. The lowest BCUT2D eigenvalue weighted by Gasteiger charge is -2.01. The van der Waals surface area contributed by atoms with Crippen molar-refractivity contribution in [1.82, 2.24) is 9.78 Å². The zero-order valence-electron chi connectivity index (χ0n) is 9.10. The fraction of sp³-hybridized carbons (Fsp3) is 0.273. The van der Waals surface area contributed by atoms with Gasteiger partial charge in [-0.1, -0.05) is 0 Å². The largest absolute Gasteiger partial charge is 0.481 e. The molecule has 5 heteroatoms. The van der Waals surface area contributed by atoms with Crippen molar-refractivity contribution in [2.24, 2.45) is 0 Å². The number of carbonyl (C=O) groups is 1. The van der Waals surface area contributed by atoms with E-state index in [1.54, 1.807) is 30.0 Å². The van der Waals surface area contributed by atoms with E-state index in [1.807, 2.05) is 6.92 Å². The molecule has 0 fully saturated rings. The Morgan fingerprint density at radius 2 is 2.31 bits per heavy atom. The predicted molar refractivity (Wildman–Crippen MR) is 58.9 cm³/mol. The van der Waals surface area contributed by atoms with Crippen molar-refractivity contribution in [3.8, 4) is 5.88 Å². The maximum absolute atomic E-state index is 10.8. The topological polar surface area (TPSA) is 64.4 Å². The Labute approximate surface area is 92.2 Å². The summed E-state index contributed by atoms with van der Waals surface area (Å²) in [7, 11) is 1.58. The number of hydrogen-bond donors (Lipinski definition) is 1. The van der Waals surface area contributed by atoms with Crippen LogP contribution in [0.1, 0.15) is 17.3 Å². The molecular weight excluding hydrogens is 208 g/mol. The lowest BCUT2D eigenvalue weighted by molar-refractivity contribution is 0.0697. The van der Waals surface area contributed by atoms with Crippen LogP contribution in [0, 0.1) is 0 Å². The smallest absolute Gasteiger partial charge is 0.335 e. The Kier molecular flexibility index (Phi) is 2.52. The third kappa shape index (κ3) is 1.50. The fourth-order valence-electron chi connectivity index (χ4n) is 1.67. The highest BCUT2D eigenvalue weighted by atomic mass is 16.5. The molecule has 0 aliphatic rings. The zero-order valence-corrected chi connectivity index (χ0v) is 9.10. The van der Waals surface area contributed by atoms with Crippen LogP contribution in [0.3, 0.4) is 0 Å². The lowest BCUT2D eigenvalue weighted by atomic mass is 10.1. The molecule has 1 heterocycles. The van der Waals surface area contributed by atoms with Crippen LogP contribution < -0.4 is 4.74 Å². The molecule has 84 valence electrons. The van der Waals surface area contributed by atoms with Crippen LogP contribution in [0.15, 0.2) is 18.2 Å². The molecule has 0 bridgehead atoms. The Balaban J connectivity index is 2.67. The van der Waals surface area contributed by atoms with E-state index in [9.17, 15) is 4.79 Å². The third-order valence-corrected chi connectivity index (χ3v) is 2.43. The fourth-order valence-corrected chi connectivity index (χ4v) is 1.67. The average molecular weight is 220 g/mol. The molecule has 0 amide bonds. The SMILES string of the molecule is CCn1nc2cc(C(=O)O)ccc2c1OC. The molecular formula is C11H12N2O3. The van der Waals surface area contributed by atoms with E-state index in [4.69, 9.17) is 9.84 Å². The van der Waals surface area contributed by atoms with Crippen LogP contribution in [0.25, 0.3) is 10.9 Å². The third-order valence-electron chi connectivity index (χ3n) is 2.43. The van der Waals surface area contributed by atoms with Crippen molar-refractivity contribution in [3.05, 3.63) is 23.8 Å². The Morgan fingerprint density at radius 1 is 1.56 bits per heavy atom. The number of methoxy groups -OCH3 is 1. The molecule has 0 unspecified atom stereocenters. The monoisotopic (exact) mass is 220 g/mol. The number of nitrogens with zero attached hydrogens (tertiary/aromatic N) is 2. The maximum atomic E-state index is 10.8. The summed E-state index contributed by atoms with van der Waals surface area (Å²) in [6, 6.07) is 4.82. The van der Waals surface area contributed by atoms with Gasteiger partial charge in [-0.3, -0.25) is 0 Å². The van der Waals surface area contributed by atoms with E-state index in [-0.39, 0.29) is 5.56 Å². The second kappa shape index (κ2) is 3.84. The second-order valence-electron chi connectivity index (χ2n) is 3.36. The Bertz CT molecular complexity index is 545. The van der Waals surface area contributed by atoms with E-state index in [0.29, 0.717) is 17.9 Å². The van der Waals surface area contributed by atoms with Crippen molar-refractivity contribution in [2.75, 3.05) is 7.11 Å². The standard InChI is InChI=1S/C11H12N2O3/c1-3-13-10(16-2)8-5-4-7(11(14)15)6-9(8)12-13/h4-6H,3H2,1-2H3,(H,14,15). The van der Waals surface area contributed by atoms with Crippen molar-refractivity contribution >= 4 is 16.9 Å². The minimum atomic E-state index is -0.952. The number of ether oxygens (including phenoxy) is 1. The number of carboxylic acids is 1. The molecule has 2 aromatic rings. The van der Waals surface area contributed by atoms with Gasteiger partial charge in [0.05, 0.1) is 23.6 Å². The highest BCUT2D eigenvalue weighted by Crippen LogP contribution is 2.26. The molecule has 0 radical (unpaired) electrons. The number of aromatic carboxylic acids is 1. The van der Waals surface area contributed by atoms with Crippen LogP contribution >= 0.6 is 0 Å². The van der Waals surface area contributed by atoms with E-state index >= 15 is 0 Å². The Hall–Kier alpha value is -2.04. The summed E-state index contributed by atoms with van der Waals surface area (Å²) < 4.78 is 6.95. The maximum Gasteiger partial charge on any atom is 0.335 e. The van der Waals surface area contributed by atoms with Crippen molar-refractivity contribution < 1.29 is 14.6 Å². The van der Waals surface area contributed by atoms with Gasteiger partial charge in [0.2, 0.25) is 5.88 Å². The first-order valence-corrected chi connectivity index (χ1v) is 4.95. The molecule has 0 spiro atoms. The van der Waals surface area contributed by atoms with Crippen molar-refractivity contribution in [1.29, 1.82) is 0 Å². The molecule has 0 atom stereocenters. The number of rotatable bonds is 3. The van der Waals surface area contributed by atoms with Gasteiger partial charge < -0.3 is 9.84 Å². The number of fused-ring (bicyclic) bond motifs is 1. The number of benzene rings is 1. The van der Waals surface area contributed by atoms with Crippen LogP contribution in [0.2, 0.25) is 0 Å². The second-order valence-corrected chi connectivity index (χ2v) is 3.36. The van der Waals surface area contributed by atoms with Gasteiger partial charge in [0, 0.05) is 6.54 Å². The summed E-state index contributed by atoms with van der Waals surface area (Å²) in [5.41, 5.74) is 0.870. The normalized spacial score (nSPS) is 10.6. The van der Waals surface area contributed by atoms with Gasteiger partial charge in [0.1, 0.15) is 0 Å². The average Bonchev–Trinajstić information content (AvgIpc) is 2.65.